The van der Waals surface area contributed by atoms with Crippen LogP contribution in [0, 0.1) is 5.82 Å². The highest BCUT2D eigenvalue weighted by Gasteiger charge is 2.17. The number of likely N-dealkylation sites (tertiary alicyclic amines) is 1. The van der Waals surface area contributed by atoms with Gasteiger partial charge in [-0.2, -0.15) is 0 Å². The normalized spacial score (nSPS) is 15.2. The van der Waals surface area contributed by atoms with E-state index in [1.165, 1.54) is 12.1 Å². The Labute approximate surface area is 118 Å². The van der Waals surface area contributed by atoms with Crippen LogP contribution < -0.4 is 5.32 Å². The van der Waals surface area contributed by atoms with E-state index in [2.05, 4.69) is 5.32 Å². The smallest absolute Gasteiger partial charge is 0.224 e. The van der Waals surface area contributed by atoms with Crippen LogP contribution in [-0.2, 0) is 16.0 Å². The Morgan fingerprint density at radius 1 is 1.25 bits per heavy atom. The Morgan fingerprint density at radius 2 is 2.00 bits per heavy atom. The average Bonchev–Trinajstić information content (AvgIpc) is 2.43. The van der Waals surface area contributed by atoms with Gasteiger partial charge < -0.3 is 10.2 Å². The molecule has 1 aliphatic rings. The third-order valence-corrected chi connectivity index (χ3v) is 3.40. The first-order valence-electron chi connectivity index (χ1n) is 6.94. The number of nitrogens with zero attached hydrogens (tertiary/aromatic N) is 1. The first-order valence-corrected chi connectivity index (χ1v) is 6.94. The van der Waals surface area contributed by atoms with Crippen molar-refractivity contribution >= 4 is 11.8 Å². The molecule has 0 bridgehead atoms. The van der Waals surface area contributed by atoms with Crippen LogP contribution in [0.2, 0.25) is 0 Å². The molecule has 1 aromatic carbocycles. The summed E-state index contributed by atoms with van der Waals surface area (Å²) in [5.41, 5.74) is 0.776. The molecule has 2 rings (SSSR count). The predicted octanol–water partition coefficient (Wildman–Crippen LogP) is 1.50. The van der Waals surface area contributed by atoms with E-state index in [0.29, 0.717) is 19.5 Å². The molecule has 1 N–H and O–H groups in total. The van der Waals surface area contributed by atoms with E-state index in [1.807, 2.05) is 0 Å². The van der Waals surface area contributed by atoms with Gasteiger partial charge in [0.05, 0.1) is 6.42 Å². The zero-order chi connectivity index (χ0) is 14.4. The second-order valence-electron chi connectivity index (χ2n) is 4.99. The maximum atomic E-state index is 12.7. The number of hydrogen-bond acceptors (Lipinski definition) is 2. The van der Waals surface area contributed by atoms with E-state index in [-0.39, 0.29) is 24.1 Å². The maximum Gasteiger partial charge on any atom is 0.224 e. The van der Waals surface area contributed by atoms with E-state index in [1.54, 1.807) is 17.0 Å². The van der Waals surface area contributed by atoms with Gasteiger partial charge in [-0.3, -0.25) is 9.59 Å². The van der Waals surface area contributed by atoms with E-state index in [4.69, 9.17) is 0 Å². The Kier molecular flexibility index (Phi) is 5.09. The molecule has 0 radical (unpaired) electrons. The monoisotopic (exact) mass is 278 g/mol. The van der Waals surface area contributed by atoms with Crippen molar-refractivity contribution in [2.75, 3.05) is 19.6 Å². The van der Waals surface area contributed by atoms with Crippen LogP contribution in [0.3, 0.4) is 0 Å². The minimum atomic E-state index is -0.308. The van der Waals surface area contributed by atoms with Crippen molar-refractivity contribution in [3.05, 3.63) is 35.6 Å². The van der Waals surface area contributed by atoms with Gasteiger partial charge in [-0.25, -0.2) is 4.39 Å². The number of carbonyl (C=O) groups excluding carboxylic acids is 2. The minimum absolute atomic E-state index is 0.110. The lowest BCUT2D eigenvalue weighted by molar-refractivity contribution is -0.133. The summed E-state index contributed by atoms with van der Waals surface area (Å²) in [6, 6.07) is 5.89. The van der Waals surface area contributed by atoms with Crippen molar-refractivity contribution in [2.45, 2.75) is 25.7 Å². The minimum Gasteiger partial charge on any atom is -0.354 e. The summed E-state index contributed by atoms with van der Waals surface area (Å²) in [5, 5.41) is 2.79. The molecule has 1 aromatic rings. The zero-order valence-corrected chi connectivity index (χ0v) is 11.4. The van der Waals surface area contributed by atoms with Crippen molar-refractivity contribution < 1.29 is 14.0 Å². The van der Waals surface area contributed by atoms with Gasteiger partial charge in [-0.1, -0.05) is 12.1 Å². The molecule has 0 atom stereocenters. The van der Waals surface area contributed by atoms with Crippen LogP contribution >= 0.6 is 0 Å². The Hall–Kier alpha value is -1.91. The molecule has 5 heteroatoms. The van der Waals surface area contributed by atoms with Gasteiger partial charge in [0.15, 0.2) is 0 Å². The van der Waals surface area contributed by atoms with Crippen molar-refractivity contribution in [1.29, 1.82) is 0 Å². The quantitative estimate of drug-likeness (QED) is 0.887. The van der Waals surface area contributed by atoms with E-state index in [9.17, 15) is 14.0 Å². The summed E-state index contributed by atoms with van der Waals surface area (Å²) in [6.45, 7) is 1.81. The predicted molar refractivity (Wildman–Crippen MR) is 73.5 cm³/mol. The number of hydrogen-bond donors (Lipinski definition) is 1. The number of benzene rings is 1. The second kappa shape index (κ2) is 7.03. The lowest BCUT2D eigenvalue weighted by atomic mass is 10.1. The molecule has 4 nitrogen and oxygen atoms in total. The van der Waals surface area contributed by atoms with Gasteiger partial charge in [0, 0.05) is 26.1 Å². The van der Waals surface area contributed by atoms with Gasteiger partial charge in [0.1, 0.15) is 5.82 Å². The molecule has 0 saturated carbocycles. The number of nitrogens with one attached hydrogen (secondary N) is 1. The third kappa shape index (κ3) is 4.33. The SMILES string of the molecule is O=C(Cc1ccc(F)cc1)NCCN1CCCCC1=O. The van der Waals surface area contributed by atoms with Crippen LogP contribution in [0.4, 0.5) is 4.39 Å². The van der Waals surface area contributed by atoms with E-state index >= 15 is 0 Å². The Bertz CT molecular complexity index is 473. The molecular weight excluding hydrogens is 259 g/mol. The molecule has 0 aliphatic carbocycles. The summed E-state index contributed by atoms with van der Waals surface area (Å²) in [4.78, 5) is 25.1. The number of halogens is 1. The molecule has 1 aliphatic heterocycles. The van der Waals surface area contributed by atoms with Gasteiger partial charge in [0.2, 0.25) is 11.8 Å². The van der Waals surface area contributed by atoms with Crippen molar-refractivity contribution in [3.63, 3.8) is 0 Å². The Balaban J connectivity index is 1.69. The fraction of sp³-hybridized carbons (Fsp3) is 0.467. The van der Waals surface area contributed by atoms with Gasteiger partial charge in [-0.15, -0.1) is 0 Å². The van der Waals surface area contributed by atoms with Gasteiger partial charge in [-0.05, 0) is 30.5 Å². The van der Waals surface area contributed by atoms with Crippen LogP contribution in [0.5, 0.6) is 0 Å². The standard InChI is InChI=1S/C15H19FN2O2/c16-13-6-4-12(5-7-13)11-14(19)17-8-10-18-9-2-1-3-15(18)20/h4-7H,1-3,8-11H2,(H,17,19). The zero-order valence-electron chi connectivity index (χ0n) is 11.4. The Morgan fingerprint density at radius 3 is 2.70 bits per heavy atom. The number of amides is 2. The van der Waals surface area contributed by atoms with E-state index in [0.717, 1.165) is 24.9 Å². The van der Waals surface area contributed by atoms with Crippen LogP contribution in [-0.4, -0.2) is 36.3 Å². The van der Waals surface area contributed by atoms with Crippen molar-refractivity contribution in [2.24, 2.45) is 0 Å². The number of rotatable bonds is 5. The molecular formula is C15H19FN2O2. The fourth-order valence-corrected chi connectivity index (χ4v) is 2.28. The third-order valence-electron chi connectivity index (χ3n) is 3.40. The van der Waals surface area contributed by atoms with Crippen LogP contribution in [0.15, 0.2) is 24.3 Å². The van der Waals surface area contributed by atoms with E-state index < -0.39 is 0 Å². The van der Waals surface area contributed by atoms with Crippen molar-refractivity contribution in [3.8, 4) is 0 Å². The number of carbonyl (C=O) groups is 2. The molecule has 1 heterocycles. The summed E-state index contributed by atoms with van der Waals surface area (Å²) >= 11 is 0. The highest BCUT2D eigenvalue weighted by atomic mass is 19.1. The molecule has 1 fully saturated rings. The molecule has 1 saturated heterocycles. The largest absolute Gasteiger partial charge is 0.354 e. The summed E-state index contributed by atoms with van der Waals surface area (Å²) < 4.78 is 12.7. The first-order chi connectivity index (χ1) is 9.65. The molecule has 20 heavy (non-hydrogen) atoms. The van der Waals surface area contributed by atoms with Gasteiger partial charge >= 0.3 is 0 Å². The lowest BCUT2D eigenvalue weighted by Crippen LogP contribution is -2.41. The van der Waals surface area contributed by atoms with Crippen LogP contribution in [0.25, 0.3) is 0 Å². The number of piperidine rings is 1. The topological polar surface area (TPSA) is 49.4 Å². The molecule has 108 valence electrons. The fourth-order valence-electron chi connectivity index (χ4n) is 2.28. The van der Waals surface area contributed by atoms with Crippen molar-refractivity contribution in [1.82, 2.24) is 10.2 Å². The summed E-state index contributed by atoms with van der Waals surface area (Å²) in [6.07, 6.45) is 2.85. The average molecular weight is 278 g/mol. The lowest BCUT2D eigenvalue weighted by Gasteiger charge is -2.26. The maximum absolute atomic E-state index is 12.7. The molecule has 2 amide bonds. The van der Waals surface area contributed by atoms with Gasteiger partial charge in [0.25, 0.3) is 0 Å². The molecule has 0 aromatic heterocycles. The van der Waals surface area contributed by atoms with Crippen LogP contribution in [0.1, 0.15) is 24.8 Å². The highest BCUT2D eigenvalue weighted by Crippen LogP contribution is 2.09. The molecule has 0 unspecified atom stereocenters. The first kappa shape index (κ1) is 14.5. The highest BCUT2D eigenvalue weighted by molar-refractivity contribution is 5.79. The summed E-state index contributed by atoms with van der Waals surface area (Å²) in [7, 11) is 0. The second-order valence-corrected chi connectivity index (χ2v) is 4.99. The molecule has 0 spiro atoms. The summed E-state index contributed by atoms with van der Waals surface area (Å²) in [5.74, 6) is -0.247.